The fourth-order valence-electron chi connectivity index (χ4n) is 2.91. The van der Waals surface area contributed by atoms with Gasteiger partial charge < -0.3 is 20.1 Å². The van der Waals surface area contributed by atoms with Gasteiger partial charge >= 0.3 is 5.97 Å². The molecule has 28 heavy (non-hydrogen) atoms. The third-order valence-electron chi connectivity index (χ3n) is 4.47. The summed E-state index contributed by atoms with van der Waals surface area (Å²) in [6, 6.07) is 12.6. The maximum atomic E-state index is 12.4. The van der Waals surface area contributed by atoms with Gasteiger partial charge in [-0.1, -0.05) is 30.3 Å². The molecule has 1 heterocycles. The van der Waals surface area contributed by atoms with E-state index in [1.807, 2.05) is 32.0 Å². The minimum atomic E-state index is -1.01. The van der Waals surface area contributed by atoms with Crippen LogP contribution in [0.3, 0.4) is 0 Å². The number of fused-ring (bicyclic) bond motifs is 1. The molecule has 2 N–H and O–H groups in total. The molecule has 2 amide bonds. The molecule has 0 aromatic heterocycles. The van der Waals surface area contributed by atoms with E-state index in [1.165, 1.54) is 6.92 Å². The molecule has 146 valence electrons. The lowest BCUT2D eigenvalue weighted by atomic mass is 10.1. The highest BCUT2D eigenvalue weighted by molar-refractivity contribution is 6.00. The van der Waals surface area contributed by atoms with Gasteiger partial charge in [-0.05, 0) is 44.0 Å². The Balaban J connectivity index is 1.57. The van der Waals surface area contributed by atoms with Gasteiger partial charge in [-0.3, -0.25) is 14.4 Å². The number of hydrogen-bond acceptors (Lipinski definition) is 5. The zero-order chi connectivity index (χ0) is 20.3. The van der Waals surface area contributed by atoms with Crippen molar-refractivity contribution in [1.82, 2.24) is 0 Å². The lowest BCUT2D eigenvalue weighted by Gasteiger charge is -2.25. The Bertz CT molecular complexity index is 905. The quantitative estimate of drug-likeness (QED) is 0.776. The van der Waals surface area contributed by atoms with Crippen molar-refractivity contribution in [2.75, 3.05) is 10.6 Å². The van der Waals surface area contributed by atoms with Crippen LogP contribution in [0.4, 0.5) is 11.4 Å². The van der Waals surface area contributed by atoms with E-state index in [-0.39, 0.29) is 6.42 Å². The molecule has 7 nitrogen and oxygen atoms in total. The average Bonchev–Trinajstić information content (AvgIpc) is 2.65. The van der Waals surface area contributed by atoms with Crippen LogP contribution in [0.25, 0.3) is 0 Å². The van der Waals surface area contributed by atoms with Gasteiger partial charge in [0.2, 0.25) is 0 Å². The normalized spacial score (nSPS) is 16.2. The second kappa shape index (κ2) is 8.12. The van der Waals surface area contributed by atoms with Crippen LogP contribution < -0.4 is 15.4 Å². The number of esters is 1. The zero-order valence-corrected chi connectivity index (χ0v) is 15.9. The highest BCUT2D eigenvalue weighted by atomic mass is 16.6. The van der Waals surface area contributed by atoms with Crippen LogP contribution in [-0.4, -0.2) is 30.0 Å². The molecule has 0 fully saturated rings. The van der Waals surface area contributed by atoms with Crippen molar-refractivity contribution in [2.24, 2.45) is 0 Å². The summed E-state index contributed by atoms with van der Waals surface area (Å²) >= 11 is 0. The molecule has 0 aliphatic carbocycles. The molecule has 1 aliphatic rings. The predicted molar refractivity (Wildman–Crippen MR) is 104 cm³/mol. The number of rotatable bonds is 5. The van der Waals surface area contributed by atoms with E-state index in [4.69, 9.17) is 9.47 Å². The molecule has 0 saturated carbocycles. The van der Waals surface area contributed by atoms with Crippen molar-refractivity contribution in [3.05, 3.63) is 53.6 Å². The summed E-state index contributed by atoms with van der Waals surface area (Å²) in [5.41, 5.74) is 3.08. The molecule has 0 unspecified atom stereocenters. The number of carbonyl (C=O) groups excluding carboxylic acids is 3. The summed E-state index contributed by atoms with van der Waals surface area (Å²) < 4.78 is 10.8. The molecule has 3 rings (SSSR count). The minimum absolute atomic E-state index is 0.290. The van der Waals surface area contributed by atoms with Crippen molar-refractivity contribution >= 4 is 29.2 Å². The number of aryl methyl sites for hydroxylation is 2. The SMILES string of the molecule is Cc1cccc(C)c1NC(=O)[C@H](C)OC(=O)C[C@H]1Oc2ccccc2NC1=O. The van der Waals surface area contributed by atoms with E-state index >= 15 is 0 Å². The number of para-hydroxylation sites is 3. The van der Waals surface area contributed by atoms with Gasteiger partial charge in [-0.25, -0.2) is 0 Å². The fraction of sp³-hybridized carbons (Fsp3) is 0.286. The third-order valence-corrected chi connectivity index (χ3v) is 4.47. The standard InChI is InChI=1S/C21H22N2O5/c1-12-7-6-8-13(2)19(12)23-20(25)14(3)27-18(24)11-17-21(26)22-15-9-4-5-10-16(15)28-17/h4-10,14,17H,11H2,1-3H3,(H,22,26)(H,23,25)/t14-,17+/m0/s1. The van der Waals surface area contributed by atoms with E-state index in [2.05, 4.69) is 10.6 Å². The van der Waals surface area contributed by atoms with Crippen LogP contribution in [0.1, 0.15) is 24.5 Å². The second-order valence-electron chi connectivity index (χ2n) is 6.68. The summed E-state index contributed by atoms with van der Waals surface area (Å²) in [6.45, 7) is 5.25. The Morgan fingerprint density at radius 2 is 1.82 bits per heavy atom. The highest BCUT2D eigenvalue weighted by Crippen LogP contribution is 2.29. The topological polar surface area (TPSA) is 93.7 Å². The maximum Gasteiger partial charge on any atom is 0.310 e. The lowest BCUT2D eigenvalue weighted by Crippen LogP contribution is -2.40. The minimum Gasteiger partial charge on any atom is -0.478 e. The molecule has 0 spiro atoms. The van der Waals surface area contributed by atoms with E-state index in [1.54, 1.807) is 24.3 Å². The Labute approximate surface area is 163 Å². The van der Waals surface area contributed by atoms with Crippen LogP contribution in [-0.2, 0) is 19.1 Å². The van der Waals surface area contributed by atoms with Gasteiger partial charge in [-0.2, -0.15) is 0 Å². The fourth-order valence-corrected chi connectivity index (χ4v) is 2.91. The van der Waals surface area contributed by atoms with Gasteiger partial charge in [0, 0.05) is 5.69 Å². The van der Waals surface area contributed by atoms with E-state index in [0.717, 1.165) is 11.1 Å². The van der Waals surface area contributed by atoms with Crippen molar-refractivity contribution in [3.8, 4) is 5.75 Å². The van der Waals surface area contributed by atoms with Gasteiger partial charge in [0.25, 0.3) is 11.8 Å². The smallest absolute Gasteiger partial charge is 0.310 e. The van der Waals surface area contributed by atoms with Crippen LogP contribution in [0.2, 0.25) is 0 Å². The molecule has 2 aromatic carbocycles. The van der Waals surface area contributed by atoms with E-state index in [9.17, 15) is 14.4 Å². The predicted octanol–water partition coefficient (Wildman–Crippen LogP) is 2.96. The zero-order valence-electron chi connectivity index (χ0n) is 15.9. The molecule has 7 heteroatoms. The Morgan fingerprint density at radius 1 is 1.14 bits per heavy atom. The molecule has 0 bridgehead atoms. The van der Waals surface area contributed by atoms with Crippen LogP contribution in [0.5, 0.6) is 5.75 Å². The average molecular weight is 382 g/mol. The van der Waals surface area contributed by atoms with Crippen molar-refractivity contribution in [3.63, 3.8) is 0 Å². The summed E-state index contributed by atoms with van der Waals surface area (Å²) in [6.07, 6.45) is -2.30. The monoisotopic (exact) mass is 382 g/mol. The maximum absolute atomic E-state index is 12.4. The van der Waals surface area contributed by atoms with Gasteiger partial charge in [-0.15, -0.1) is 0 Å². The van der Waals surface area contributed by atoms with Crippen molar-refractivity contribution < 1.29 is 23.9 Å². The van der Waals surface area contributed by atoms with E-state index in [0.29, 0.717) is 17.1 Å². The number of hydrogen-bond donors (Lipinski definition) is 2. The first-order valence-corrected chi connectivity index (χ1v) is 8.98. The number of benzene rings is 2. The summed E-state index contributed by atoms with van der Waals surface area (Å²) in [5.74, 6) is -1.07. The summed E-state index contributed by atoms with van der Waals surface area (Å²) in [5, 5.41) is 5.47. The highest BCUT2D eigenvalue weighted by Gasteiger charge is 2.31. The molecule has 2 atom stereocenters. The van der Waals surface area contributed by atoms with Gasteiger partial charge in [0.1, 0.15) is 5.75 Å². The first kappa shape index (κ1) is 19.4. The van der Waals surface area contributed by atoms with Gasteiger partial charge in [0.05, 0.1) is 12.1 Å². The van der Waals surface area contributed by atoms with Gasteiger partial charge in [0.15, 0.2) is 12.2 Å². The molecule has 1 aliphatic heterocycles. The lowest BCUT2D eigenvalue weighted by molar-refractivity contribution is -0.155. The first-order chi connectivity index (χ1) is 13.3. The second-order valence-corrected chi connectivity index (χ2v) is 6.68. The first-order valence-electron chi connectivity index (χ1n) is 8.98. The molecule has 2 aromatic rings. The van der Waals surface area contributed by atoms with Crippen LogP contribution >= 0.6 is 0 Å². The Kier molecular flexibility index (Phi) is 5.63. The van der Waals surface area contributed by atoms with Crippen LogP contribution in [0.15, 0.2) is 42.5 Å². The number of ether oxygens (including phenoxy) is 2. The molecule has 0 radical (unpaired) electrons. The molecular weight excluding hydrogens is 360 g/mol. The van der Waals surface area contributed by atoms with Crippen LogP contribution in [0, 0.1) is 13.8 Å². The largest absolute Gasteiger partial charge is 0.478 e. The molecule has 0 saturated heterocycles. The summed E-state index contributed by atoms with van der Waals surface area (Å²) in [4.78, 5) is 36.7. The Hall–Kier alpha value is -3.35. The van der Waals surface area contributed by atoms with E-state index < -0.39 is 30.0 Å². The van der Waals surface area contributed by atoms with Crippen molar-refractivity contribution in [2.45, 2.75) is 39.4 Å². The number of anilines is 2. The van der Waals surface area contributed by atoms with Crippen molar-refractivity contribution in [1.29, 1.82) is 0 Å². The summed E-state index contributed by atoms with van der Waals surface area (Å²) in [7, 11) is 0. The number of nitrogens with one attached hydrogen (secondary N) is 2. The third kappa shape index (κ3) is 4.31. The number of amides is 2. The number of carbonyl (C=O) groups is 3. The molecular formula is C21H22N2O5. The Morgan fingerprint density at radius 3 is 2.54 bits per heavy atom.